The molecule has 1 aromatic heterocycles. The van der Waals surface area contributed by atoms with Crippen molar-refractivity contribution >= 4 is 0 Å². The lowest BCUT2D eigenvalue weighted by Gasteiger charge is -2.12. The van der Waals surface area contributed by atoms with Crippen molar-refractivity contribution in [2.24, 2.45) is 0 Å². The lowest BCUT2D eigenvalue weighted by Crippen LogP contribution is -2.20. The highest BCUT2D eigenvalue weighted by Crippen LogP contribution is 2.20. The van der Waals surface area contributed by atoms with Gasteiger partial charge < -0.3 is 9.84 Å². The van der Waals surface area contributed by atoms with E-state index in [9.17, 15) is 0 Å². The molecular formula is C10H18N2O. The maximum Gasteiger partial charge on any atom is 0.138 e. The summed E-state index contributed by atoms with van der Waals surface area (Å²) in [7, 11) is 0. The number of hydrogen-bond acceptors (Lipinski definition) is 3. The summed E-state index contributed by atoms with van der Waals surface area (Å²) in [6.45, 7) is 9.27. The molecule has 0 radical (unpaired) electrons. The maximum absolute atomic E-state index is 5.11. The van der Waals surface area contributed by atoms with E-state index in [4.69, 9.17) is 4.52 Å². The topological polar surface area (TPSA) is 38.1 Å². The van der Waals surface area contributed by atoms with E-state index in [0.717, 1.165) is 24.4 Å². The summed E-state index contributed by atoms with van der Waals surface area (Å²) in [5.41, 5.74) is 2.20. The van der Waals surface area contributed by atoms with Gasteiger partial charge in [0.2, 0.25) is 0 Å². The summed E-state index contributed by atoms with van der Waals surface area (Å²) < 4.78 is 5.11. The largest absolute Gasteiger partial charge is 0.361 e. The van der Waals surface area contributed by atoms with Crippen LogP contribution < -0.4 is 5.32 Å². The van der Waals surface area contributed by atoms with Crippen LogP contribution in [0.5, 0.6) is 0 Å². The Morgan fingerprint density at radius 3 is 2.62 bits per heavy atom. The van der Waals surface area contributed by atoms with E-state index in [-0.39, 0.29) is 0 Å². The monoisotopic (exact) mass is 182 g/mol. The predicted molar refractivity (Wildman–Crippen MR) is 52.7 cm³/mol. The molecule has 1 atom stereocenters. The average Bonchev–Trinajstić information content (AvgIpc) is 2.42. The average molecular weight is 182 g/mol. The number of aromatic nitrogens is 1. The Bertz CT molecular complexity index is 248. The van der Waals surface area contributed by atoms with Crippen LogP contribution in [0.2, 0.25) is 0 Å². The van der Waals surface area contributed by atoms with Crippen LogP contribution in [0.25, 0.3) is 0 Å². The summed E-state index contributed by atoms with van der Waals surface area (Å²) in [5, 5.41) is 7.35. The Labute approximate surface area is 79.5 Å². The smallest absolute Gasteiger partial charge is 0.138 e. The standard InChI is InChI=1S/C10H18N2O/c1-5-6-11-7(2)10-8(3)12-13-9(10)4/h7,11H,5-6H2,1-4H3. The Hall–Kier alpha value is -0.830. The molecule has 0 fully saturated rings. The van der Waals surface area contributed by atoms with Crippen LogP contribution in [0.15, 0.2) is 4.52 Å². The highest BCUT2D eigenvalue weighted by atomic mass is 16.5. The number of hydrogen-bond donors (Lipinski definition) is 1. The van der Waals surface area contributed by atoms with Gasteiger partial charge in [-0.3, -0.25) is 0 Å². The second kappa shape index (κ2) is 4.42. The lowest BCUT2D eigenvalue weighted by atomic mass is 10.1. The second-order valence-corrected chi connectivity index (χ2v) is 3.41. The van der Waals surface area contributed by atoms with E-state index in [1.54, 1.807) is 0 Å². The number of nitrogens with one attached hydrogen (secondary N) is 1. The number of aryl methyl sites for hydroxylation is 2. The van der Waals surface area contributed by atoms with E-state index in [1.807, 2.05) is 13.8 Å². The molecule has 3 heteroatoms. The molecule has 0 aromatic carbocycles. The van der Waals surface area contributed by atoms with Crippen molar-refractivity contribution in [2.45, 2.75) is 40.2 Å². The second-order valence-electron chi connectivity index (χ2n) is 3.41. The molecule has 0 amide bonds. The molecule has 3 nitrogen and oxygen atoms in total. The summed E-state index contributed by atoms with van der Waals surface area (Å²) in [6, 6.07) is 0.339. The summed E-state index contributed by atoms with van der Waals surface area (Å²) in [4.78, 5) is 0. The molecule has 0 bridgehead atoms. The lowest BCUT2D eigenvalue weighted by molar-refractivity contribution is 0.390. The predicted octanol–water partition coefficient (Wildman–Crippen LogP) is 2.35. The van der Waals surface area contributed by atoms with E-state index in [2.05, 4.69) is 24.3 Å². The van der Waals surface area contributed by atoms with E-state index < -0.39 is 0 Å². The van der Waals surface area contributed by atoms with Gasteiger partial charge >= 0.3 is 0 Å². The molecular weight excluding hydrogens is 164 g/mol. The van der Waals surface area contributed by atoms with Gasteiger partial charge in [-0.2, -0.15) is 0 Å². The first-order chi connectivity index (χ1) is 6.16. The van der Waals surface area contributed by atoms with Crippen LogP contribution in [0, 0.1) is 13.8 Å². The SMILES string of the molecule is CCCNC(C)c1c(C)noc1C. The summed E-state index contributed by atoms with van der Waals surface area (Å²) in [5.74, 6) is 0.925. The first-order valence-electron chi connectivity index (χ1n) is 4.83. The maximum atomic E-state index is 5.11. The van der Waals surface area contributed by atoms with Crippen LogP contribution in [0.3, 0.4) is 0 Å². The van der Waals surface area contributed by atoms with Crippen LogP contribution in [0.4, 0.5) is 0 Å². The fourth-order valence-corrected chi connectivity index (χ4v) is 1.57. The van der Waals surface area contributed by atoms with Crippen molar-refractivity contribution in [2.75, 3.05) is 6.54 Å². The molecule has 13 heavy (non-hydrogen) atoms. The van der Waals surface area contributed by atoms with Crippen molar-refractivity contribution in [1.82, 2.24) is 10.5 Å². The molecule has 74 valence electrons. The molecule has 1 rings (SSSR count). The van der Waals surface area contributed by atoms with Crippen molar-refractivity contribution in [1.29, 1.82) is 0 Å². The third-order valence-corrected chi connectivity index (χ3v) is 2.22. The van der Waals surface area contributed by atoms with Gasteiger partial charge in [-0.25, -0.2) is 0 Å². The van der Waals surface area contributed by atoms with Crippen LogP contribution in [-0.2, 0) is 0 Å². The minimum Gasteiger partial charge on any atom is -0.361 e. The minimum absolute atomic E-state index is 0.339. The third-order valence-electron chi connectivity index (χ3n) is 2.22. The molecule has 0 aliphatic carbocycles. The van der Waals surface area contributed by atoms with Gasteiger partial charge in [0, 0.05) is 11.6 Å². The molecule has 0 aliphatic rings. The molecule has 1 heterocycles. The van der Waals surface area contributed by atoms with E-state index >= 15 is 0 Å². The molecule has 0 aliphatic heterocycles. The Morgan fingerprint density at radius 2 is 2.15 bits per heavy atom. The zero-order chi connectivity index (χ0) is 9.84. The van der Waals surface area contributed by atoms with E-state index in [0.29, 0.717) is 6.04 Å². The van der Waals surface area contributed by atoms with Gasteiger partial charge in [-0.05, 0) is 33.7 Å². The first kappa shape index (κ1) is 10.3. The number of rotatable bonds is 4. The molecule has 1 unspecified atom stereocenters. The Balaban J connectivity index is 2.69. The zero-order valence-corrected chi connectivity index (χ0v) is 8.85. The van der Waals surface area contributed by atoms with Gasteiger partial charge in [-0.1, -0.05) is 12.1 Å². The molecule has 1 aromatic rings. The van der Waals surface area contributed by atoms with Gasteiger partial charge in [0.05, 0.1) is 5.69 Å². The molecule has 1 N–H and O–H groups in total. The fourth-order valence-electron chi connectivity index (χ4n) is 1.57. The fraction of sp³-hybridized carbons (Fsp3) is 0.700. The summed E-state index contributed by atoms with van der Waals surface area (Å²) >= 11 is 0. The molecule has 0 saturated heterocycles. The third kappa shape index (κ3) is 2.31. The normalized spacial score (nSPS) is 13.2. The van der Waals surface area contributed by atoms with Crippen molar-refractivity contribution in [3.05, 3.63) is 17.0 Å². The minimum atomic E-state index is 0.339. The number of nitrogens with zero attached hydrogens (tertiary/aromatic N) is 1. The van der Waals surface area contributed by atoms with Crippen molar-refractivity contribution < 1.29 is 4.52 Å². The van der Waals surface area contributed by atoms with Gasteiger partial charge in [0.1, 0.15) is 5.76 Å². The zero-order valence-electron chi connectivity index (χ0n) is 8.85. The van der Waals surface area contributed by atoms with E-state index in [1.165, 1.54) is 5.56 Å². The summed E-state index contributed by atoms with van der Waals surface area (Å²) in [6.07, 6.45) is 1.15. The van der Waals surface area contributed by atoms with Crippen molar-refractivity contribution in [3.63, 3.8) is 0 Å². The van der Waals surface area contributed by atoms with Crippen LogP contribution in [0.1, 0.15) is 43.3 Å². The quantitative estimate of drug-likeness (QED) is 0.776. The van der Waals surface area contributed by atoms with Crippen LogP contribution >= 0.6 is 0 Å². The molecule has 0 spiro atoms. The van der Waals surface area contributed by atoms with Gasteiger partial charge in [0.15, 0.2) is 0 Å². The van der Waals surface area contributed by atoms with Crippen molar-refractivity contribution in [3.8, 4) is 0 Å². The first-order valence-corrected chi connectivity index (χ1v) is 4.83. The van der Waals surface area contributed by atoms with Gasteiger partial charge in [-0.15, -0.1) is 0 Å². The highest BCUT2D eigenvalue weighted by Gasteiger charge is 2.14. The van der Waals surface area contributed by atoms with Gasteiger partial charge in [0.25, 0.3) is 0 Å². The molecule has 0 saturated carbocycles. The Morgan fingerprint density at radius 1 is 1.46 bits per heavy atom. The Kier molecular flexibility index (Phi) is 3.48. The van der Waals surface area contributed by atoms with Crippen LogP contribution in [-0.4, -0.2) is 11.7 Å². The highest BCUT2D eigenvalue weighted by molar-refractivity contribution is 5.24.